The first-order valence-electron chi connectivity index (χ1n) is 10.9. The highest BCUT2D eigenvalue weighted by Crippen LogP contribution is 2.29. The van der Waals surface area contributed by atoms with Gasteiger partial charge in [0.15, 0.2) is 5.65 Å². The van der Waals surface area contributed by atoms with Gasteiger partial charge in [0.1, 0.15) is 0 Å². The number of nitrogens with zero attached hydrogens (tertiary/aromatic N) is 6. The topological polar surface area (TPSA) is 76.8 Å². The molecule has 4 aromatic rings. The zero-order chi connectivity index (χ0) is 21.5. The summed E-state index contributed by atoms with van der Waals surface area (Å²) in [7, 11) is 1.88. The van der Waals surface area contributed by atoms with Gasteiger partial charge < -0.3 is 4.90 Å². The van der Waals surface area contributed by atoms with Gasteiger partial charge in [-0.25, -0.2) is 9.97 Å². The van der Waals surface area contributed by atoms with Crippen molar-refractivity contribution in [3.05, 3.63) is 48.4 Å². The molecule has 158 valence electrons. The molecule has 0 bridgehead atoms. The van der Waals surface area contributed by atoms with Crippen LogP contribution in [0.15, 0.2) is 42.9 Å². The van der Waals surface area contributed by atoms with Crippen molar-refractivity contribution in [1.29, 1.82) is 0 Å². The number of carbonyl (C=O) groups is 1. The summed E-state index contributed by atoms with van der Waals surface area (Å²) in [5.74, 6) is 0.697. The van der Waals surface area contributed by atoms with E-state index in [4.69, 9.17) is 4.98 Å². The molecule has 0 aliphatic heterocycles. The first-order valence-corrected chi connectivity index (χ1v) is 10.9. The van der Waals surface area contributed by atoms with Crippen LogP contribution in [0.3, 0.4) is 0 Å². The Bertz CT molecular complexity index is 1270. The zero-order valence-electron chi connectivity index (χ0n) is 18.1. The van der Waals surface area contributed by atoms with Gasteiger partial charge in [0.2, 0.25) is 0 Å². The van der Waals surface area contributed by atoms with E-state index in [1.165, 1.54) is 19.3 Å². The molecule has 1 aliphatic rings. The Kier molecular flexibility index (Phi) is 4.88. The number of pyridine rings is 1. The van der Waals surface area contributed by atoms with Gasteiger partial charge in [-0.3, -0.25) is 14.5 Å². The van der Waals surface area contributed by atoms with Crippen LogP contribution in [0.1, 0.15) is 43.5 Å². The third kappa shape index (κ3) is 3.76. The number of fused-ring (bicyclic) bond motifs is 2. The highest BCUT2D eigenvalue weighted by molar-refractivity contribution is 5.97. The monoisotopic (exact) mass is 414 g/mol. The number of carbonyl (C=O) groups excluding carboxylic acids is 1. The van der Waals surface area contributed by atoms with Crippen LogP contribution in [-0.4, -0.2) is 48.1 Å². The third-order valence-corrected chi connectivity index (χ3v) is 6.12. The second kappa shape index (κ2) is 7.72. The Labute approximate surface area is 181 Å². The summed E-state index contributed by atoms with van der Waals surface area (Å²) in [5, 5.41) is 5.27. The molecule has 0 spiro atoms. The summed E-state index contributed by atoms with van der Waals surface area (Å²) in [6, 6.07) is 7.78. The molecule has 5 rings (SSSR count). The smallest absolute Gasteiger partial charge is 0.254 e. The van der Waals surface area contributed by atoms with E-state index >= 15 is 0 Å². The van der Waals surface area contributed by atoms with Gasteiger partial charge in [-0.05, 0) is 56.9 Å². The average Bonchev–Trinajstić information content (AvgIpc) is 3.10. The molecule has 7 nitrogen and oxygen atoms in total. The molecule has 0 atom stereocenters. The van der Waals surface area contributed by atoms with E-state index in [0.29, 0.717) is 22.6 Å². The van der Waals surface area contributed by atoms with Gasteiger partial charge in [-0.15, -0.1) is 0 Å². The van der Waals surface area contributed by atoms with E-state index in [0.717, 1.165) is 28.7 Å². The molecule has 0 radical (unpaired) electrons. The second-order valence-corrected chi connectivity index (χ2v) is 8.75. The maximum Gasteiger partial charge on any atom is 0.254 e. The van der Waals surface area contributed by atoms with Crippen LogP contribution < -0.4 is 0 Å². The third-order valence-electron chi connectivity index (χ3n) is 6.12. The molecule has 3 aromatic heterocycles. The van der Waals surface area contributed by atoms with Crippen molar-refractivity contribution in [3.8, 4) is 11.3 Å². The Morgan fingerprint density at radius 3 is 2.74 bits per heavy atom. The lowest BCUT2D eigenvalue weighted by atomic mass is 9.85. The van der Waals surface area contributed by atoms with Crippen molar-refractivity contribution in [3.63, 3.8) is 0 Å². The van der Waals surface area contributed by atoms with Gasteiger partial charge in [0.25, 0.3) is 5.91 Å². The predicted octanol–water partition coefficient (Wildman–Crippen LogP) is 4.23. The van der Waals surface area contributed by atoms with Crippen molar-refractivity contribution in [1.82, 2.24) is 29.6 Å². The Morgan fingerprint density at radius 2 is 2.00 bits per heavy atom. The molecule has 7 heteroatoms. The summed E-state index contributed by atoms with van der Waals surface area (Å²) in [6.07, 6.45) is 9.16. The Morgan fingerprint density at radius 1 is 1.16 bits per heavy atom. The molecule has 1 saturated carbocycles. The fourth-order valence-corrected chi connectivity index (χ4v) is 4.10. The van der Waals surface area contributed by atoms with Gasteiger partial charge in [0.05, 0.1) is 22.9 Å². The molecular weight excluding hydrogens is 388 g/mol. The van der Waals surface area contributed by atoms with Crippen LogP contribution in [0.25, 0.3) is 33.3 Å². The van der Waals surface area contributed by atoms with Crippen LogP contribution in [0, 0.1) is 5.92 Å². The molecule has 1 aromatic carbocycles. The SMILES string of the molecule is CC(C)N(CC1CCC1)C(=O)c1ccc2ncc(-c3cnc4nn(C)cc4c3)nc2c1. The van der Waals surface area contributed by atoms with Gasteiger partial charge in [-0.2, -0.15) is 5.10 Å². The standard InChI is InChI=1S/C24H26N6O/c1-15(2)30(13-16-5-4-6-16)24(31)17-7-8-20-21(10-17)27-22(12-25-20)18-9-19-14-29(3)28-23(19)26-11-18/h7-12,14-16H,4-6,13H2,1-3H3. The molecule has 1 aliphatic carbocycles. The van der Waals surface area contributed by atoms with Crippen molar-refractivity contribution >= 4 is 28.0 Å². The number of aromatic nitrogens is 5. The quantitative estimate of drug-likeness (QED) is 0.488. The predicted molar refractivity (Wildman–Crippen MR) is 121 cm³/mol. The van der Waals surface area contributed by atoms with Crippen LogP contribution in [0.5, 0.6) is 0 Å². The summed E-state index contributed by atoms with van der Waals surface area (Å²) in [6.45, 7) is 4.99. The molecule has 31 heavy (non-hydrogen) atoms. The van der Waals surface area contributed by atoms with Crippen molar-refractivity contribution in [2.75, 3.05) is 6.54 Å². The molecule has 1 amide bonds. The fourth-order valence-electron chi connectivity index (χ4n) is 4.10. The number of aryl methyl sites for hydroxylation is 1. The molecule has 0 unspecified atom stereocenters. The summed E-state index contributed by atoms with van der Waals surface area (Å²) in [4.78, 5) is 29.0. The van der Waals surface area contributed by atoms with Crippen LogP contribution >= 0.6 is 0 Å². The minimum atomic E-state index is 0.0643. The normalized spacial score (nSPS) is 14.3. The van der Waals surface area contributed by atoms with Gasteiger partial charge >= 0.3 is 0 Å². The van der Waals surface area contributed by atoms with E-state index < -0.39 is 0 Å². The second-order valence-electron chi connectivity index (χ2n) is 8.75. The maximum absolute atomic E-state index is 13.3. The Hall–Kier alpha value is -3.35. The number of rotatable bonds is 5. The van der Waals surface area contributed by atoms with Crippen LogP contribution in [0.2, 0.25) is 0 Å². The van der Waals surface area contributed by atoms with E-state index in [9.17, 15) is 4.79 Å². The number of hydrogen-bond acceptors (Lipinski definition) is 5. The van der Waals surface area contributed by atoms with Crippen molar-refractivity contribution in [2.45, 2.75) is 39.2 Å². The first-order chi connectivity index (χ1) is 15.0. The fraction of sp³-hybridized carbons (Fsp3) is 0.375. The first kappa shape index (κ1) is 19.6. The lowest BCUT2D eigenvalue weighted by Crippen LogP contribution is -2.41. The van der Waals surface area contributed by atoms with Crippen molar-refractivity contribution < 1.29 is 4.79 Å². The zero-order valence-corrected chi connectivity index (χ0v) is 18.1. The maximum atomic E-state index is 13.3. The van der Waals surface area contributed by atoms with E-state index in [-0.39, 0.29) is 11.9 Å². The summed E-state index contributed by atoms with van der Waals surface area (Å²) < 4.78 is 1.75. The lowest BCUT2D eigenvalue weighted by Gasteiger charge is -2.35. The van der Waals surface area contributed by atoms with Crippen LogP contribution in [0.4, 0.5) is 0 Å². The molecule has 1 fully saturated rings. The van der Waals surface area contributed by atoms with Gasteiger partial charge in [-0.1, -0.05) is 6.42 Å². The Balaban J connectivity index is 1.48. The molecule has 3 heterocycles. The highest BCUT2D eigenvalue weighted by atomic mass is 16.2. The van der Waals surface area contributed by atoms with Gasteiger partial charge in [0, 0.05) is 48.5 Å². The minimum Gasteiger partial charge on any atom is -0.336 e. The summed E-state index contributed by atoms with van der Waals surface area (Å²) >= 11 is 0. The van der Waals surface area contributed by atoms with Crippen LogP contribution in [-0.2, 0) is 7.05 Å². The lowest BCUT2D eigenvalue weighted by molar-refractivity contribution is 0.0633. The molecule has 0 N–H and O–H groups in total. The molecule has 0 saturated heterocycles. The van der Waals surface area contributed by atoms with E-state index in [1.807, 2.05) is 42.4 Å². The number of benzene rings is 1. The largest absolute Gasteiger partial charge is 0.336 e. The molecular formula is C24H26N6O. The van der Waals surface area contributed by atoms with Crippen molar-refractivity contribution in [2.24, 2.45) is 13.0 Å². The number of hydrogen-bond donors (Lipinski definition) is 0. The average molecular weight is 415 g/mol. The van der Waals surface area contributed by atoms with E-state index in [1.54, 1.807) is 17.1 Å². The minimum absolute atomic E-state index is 0.0643. The number of amides is 1. The highest BCUT2D eigenvalue weighted by Gasteiger charge is 2.26. The van der Waals surface area contributed by atoms with E-state index in [2.05, 4.69) is 28.9 Å². The summed E-state index contributed by atoms with van der Waals surface area (Å²) in [5.41, 5.74) is 4.44.